The first-order valence-electron chi connectivity index (χ1n) is 8.84. The number of carbonyl (C=O) groups is 2. The zero-order chi connectivity index (χ0) is 18.5. The van der Waals surface area contributed by atoms with Crippen LogP contribution in [0.4, 0.5) is 0 Å². The molecule has 0 aliphatic carbocycles. The van der Waals surface area contributed by atoms with Crippen molar-refractivity contribution in [2.75, 3.05) is 19.6 Å². The summed E-state index contributed by atoms with van der Waals surface area (Å²) in [5.74, 6) is 2.31. The number of furan rings is 1. The summed E-state index contributed by atoms with van der Waals surface area (Å²) in [7, 11) is 0. The van der Waals surface area contributed by atoms with Crippen molar-refractivity contribution >= 4 is 11.8 Å². The van der Waals surface area contributed by atoms with Crippen molar-refractivity contribution in [3.05, 3.63) is 41.9 Å². The van der Waals surface area contributed by atoms with Crippen molar-refractivity contribution in [3.63, 3.8) is 0 Å². The minimum absolute atomic E-state index is 0.111. The Morgan fingerprint density at radius 2 is 2.27 bits per heavy atom. The lowest BCUT2D eigenvalue weighted by molar-refractivity contribution is -0.134. The van der Waals surface area contributed by atoms with Gasteiger partial charge in [0.25, 0.3) is 0 Å². The van der Waals surface area contributed by atoms with Gasteiger partial charge in [-0.15, -0.1) is 0 Å². The number of imidazole rings is 1. The number of hydrogen-bond acceptors (Lipinski definition) is 5. The molecule has 3 rings (SSSR count). The Kier molecular flexibility index (Phi) is 5.72. The highest BCUT2D eigenvalue weighted by atomic mass is 16.3. The molecule has 1 atom stereocenters. The van der Waals surface area contributed by atoms with E-state index in [0.717, 1.165) is 17.3 Å². The van der Waals surface area contributed by atoms with Gasteiger partial charge in [0.15, 0.2) is 0 Å². The molecule has 1 saturated heterocycles. The van der Waals surface area contributed by atoms with Gasteiger partial charge in [-0.25, -0.2) is 4.98 Å². The van der Waals surface area contributed by atoms with Gasteiger partial charge in [0.05, 0.1) is 19.0 Å². The maximum Gasteiger partial charge on any atom is 0.237 e. The molecule has 1 aliphatic rings. The van der Waals surface area contributed by atoms with Crippen molar-refractivity contribution in [1.29, 1.82) is 0 Å². The Bertz CT molecular complexity index is 766. The number of aromatic nitrogens is 2. The Labute approximate surface area is 152 Å². The molecule has 2 N–H and O–H groups in total. The topological polar surface area (TPSA) is 92.4 Å². The smallest absolute Gasteiger partial charge is 0.237 e. The van der Waals surface area contributed by atoms with Gasteiger partial charge in [-0.2, -0.15) is 0 Å². The second kappa shape index (κ2) is 8.18. The zero-order valence-corrected chi connectivity index (χ0v) is 15.2. The van der Waals surface area contributed by atoms with Gasteiger partial charge in [-0.05, 0) is 26.0 Å². The number of hydrogen-bond donors (Lipinski definition) is 2. The molecule has 8 heteroatoms. The molecule has 2 aromatic heterocycles. The second-order valence-electron chi connectivity index (χ2n) is 6.51. The lowest BCUT2D eigenvalue weighted by Gasteiger charge is -2.34. The monoisotopic (exact) mass is 359 g/mol. The zero-order valence-electron chi connectivity index (χ0n) is 15.2. The van der Waals surface area contributed by atoms with E-state index in [4.69, 9.17) is 4.42 Å². The first-order chi connectivity index (χ1) is 12.5. The van der Waals surface area contributed by atoms with Crippen LogP contribution in [0.15, 0.2) is 28.9 Å². The van der Waals surface area contributed by atoms with Crippen molar-refractivity contribution in [1.82, 2.24) is 25.1 Å². The minimum atomic E-state index is -0.482. The van der Waals surface area contributed by atoms with E-state index in [1.165, 1.54) is 0 Å². The number of aryl methyl sites for hydroxylation is 2. The molecule has 1 fully saturated rings. The number of rotatable bonds is 7. The van der Waals surface area contributed by atoms with Crippen LogP contribution in [0, 0.1) is 13.8 Å². The van der Waals surface area contributed by atoms with Gasteiger partial charge < -0.3 is 19.6 Å². The maximum atomic E-state index is 12.3. The highest BCUT2D eigenvalue weighted by Crippen LogP contribution is 2.15. The molecule has 0 bridgehead atoms. The van der Waals surface area contributed by atoms with Gasteiger partial charge in [-0.3, -0.25) is 14.5 Å². The normalized spacial score (nSPS) is 17.9. The number of nitrogens with zero attached hydrogens (tertiary/aromatic N) is 3. The summed E-state index contributed by atoms with van der Waals surface area (Å²) in [5, 5.41) is 5.73. The van der Waals surface area contributed by atoms with Crippen LogP contribution in [0.1, 0.15) is 23.8 Å². The SMILES string of the molecule is Cc1ccc(CN2CCNC(=O)[C@H]2CC(=O)NCCn2ccnc2C)o1. The Morgan fingerprint density at radius 3 is 2.96 bits per heavy atom. The van der Waals surface area contributed by atoms with E-state index < -0.39 is 6.04 Å². The number of carbonyl (C=O) groups excluding carboxylic acids is 2. The summed E-state index contributed by atoms with van der Waals surface area (Å²) in [6.45, 7) is 6.76. The maximum absolute atomic E-state index is 12.3. The van der Waals surface area contributed by atoms with Gasteiger partial charge in [0.1, 0.15) is 17.3 Å². The fourth-order valence-corrected chi connectivity index (χ4v) is 3.15. The standard InChI is InChI=1S/C18H25N5O3/c1-13-3-4-15(26-13)12-23-10-7-21-18(25)16(23)11-17(24)20-6-9-22-8-5-19-14(22)2/h3-5,8,16H,6-7,9-12H2,1-2H3,(H,20,24)(H,21,25)/t16-/m1/s1. The second-order valence-corrected chi connectivity index (χ2v) is 6.51. The van der Waals surface area contributed by atoms with Gasteiger partial charge in [0.2, 0.25) is 11.8 Å². The third-order valence-electron chi connectivity index (χ3n) is 4.57. The van der Waals surface area contributed by atoms with Crippen molar-refractivity contribution in [3.8, 4) is 0 Å². The van der Waals surface area contributed by atoms with E-state index in [-0.39, 0.29) is 18.2 Å². The molecular weight excluding hydrogens is 334 g/mol. The van der Waals surface area contributed by atoms with Crippen LogP contribution in [0.25, 0.3) is 0 Å². The van der Waals surface area contributed by atoms with Crippen molar-refractivity contribution in [2.24, 2.45) is 0 Å². The third kappa shape index (κ3) is 4.51. The molecule has 2 aromatic rings. The fraction of sp³-hybridized carbons (Fsp3) is 0.500. The predicted octanol–water partition coefficient (Wildman–Crippen LogP) is 0.600. The van der Waals surface area contributed by atoms with Crippen LogP contribution in [0.3, 0.4) is 0 Å². The molecule has 0 spiro atoms. The average molecular weight is 359 g/mol. The molecule has 3 heterocycles. The quantitative estimate of drug-likeness (QED) is 0.755. The highest BCUT2D eigenvalue weighted by Gasteiger charge is 2.32. The van der Waals surface area contributed by atoms with Crippen LogP contribution in [0.2, 0.25) is 0 Å². The lowest BCUT2D eigenvalue weighted by atomic mass is 10.1. The molecule has 26 heavy (non-hydrogen) atoms. The average Bonchev–Trinajstić information content (AvgIpc) is 3.19. The lowest BCUT2D eigenvalue weighted by Crippen LogP contribution is -2.56. The molecule has 0 radical (unpaired) electrons. The summed E-state index contributed by atoms with van der Waals surface area (Å²) >= 11 is 0. The van der Waals surface area contributed by atoms with E-state index in [2.05, 4.69) is 15.6 Å². The first-order valence-corrected chi connectivity index (χ1v) is 8.84. The molecule has 0 unspecified atom stereocenters. The molecule has 140 valence electrons. The number of piperazine rings is 1. The largest absolute Gasteiger partial charge is 0.465 e. The summed E-state index contributed by atoms with van der Waals surface area (Å²) in [4.78, 5) is 30.7. The summed E-state index contributed by atoms with van der Waals surface area (Å²) in [5.41, 5.74) is 0. The van der Waals surface area contributed by atoms with E-state index in [0.29, 0.717) is 32.7 Å². The Balaban J connectivity index is 1.53. The molecular formula is C18H25N5O3. The fourth-order valence-electron chi connectivity index (χ4n) is 3.15. The van der Waals surface area contributed by atoms with Gasteiger partial charge >= 0.3 is 0 Å². The highest BCUT2D eigenvalue weighted by molar-refractivity contribution is 5.88. The van der Waals surface area contributed by atoms with Crippen LogP contribution < -0.4 is 10.6 Å². The van der Waals surface area contributed by atoms with Gasteiger partial charge in [0, 0.05) is 38.6 Å². The molecule has 0 saturated carbocycles. The van der Waals surface area contributed by atoms with Crippen LogP contribution in [-0.2, 0) is 22.7 Å². The predicted molar refractivity (Wildman–Crippen MR) is 95.2 cm³/mol. The van der Waals surface area contributed by atoms with Crippen LogP contribution in [-0.4, -0.2) is 51.9 Å². The molecule has 2 amide bonds. The van der Waals surface area contributed by atoms with E-state index >= 15 is 0 Å². The van der Waals surface area contributed by atoms with Crippen molar-refractivity contribution in [2.45, 2.75) is 39.4 Å². The van der Waals surface area contributed by atoms with Crippen LogP contribution >= 0.6 is 0 Å². The van der Waals surface area contributed by atoms with Gasteiger partial charge in [-0.1, -0.05) is 0 Å². The first kappa shape index (κ1) is 18.2. The molecule has 0 aromatic carbocycles. The molecule has 8 nitrogen and oxygen atoms in total. The summed E-state index contributed by atoms with van der Waals surface area (Å²) in [6, 6.07) is 3.33. The molecule has 1 aliphatic heterocycles. The van der Waals surface area contributed by atoms with E-state index in [1.54, 1.807) is 6.20 Å². The Hall–Kier alpha value is -2.61. The van der Waals surface area contributed by atoms with E-state index in [1.807, 2.05) is 41.6 Å². The summed E-state index contributed by atoms with van der Waals surface area (Å²) < 4.78 is 7.58. The minimum Gasteiger partial charge on any atom is -0.465 e. The van der Waals surface area contributed by atoms with Crippen molar-refractivity contribution < 1.29 is 14.0 Å². The Morgan fingerprint density at radius 1 is 1.42 bits per heavy atom. The number of nitrogens with one attached hydrogen (secondary N) is 2. The summed E-state index contributed by atoms with van der Waals surface area (Å²) in [6.07, 6.45) is 3.75. The van der Waals surface area contributed by atoms with Crippen LogP contribution in [0.5, 0.6) is 0 Å². The number of amides is 2. The van der Waals surface area contributed by atoms with E-state index in [9.17, 15) is 9.59 Å². The third-order valence-corrected chi connectivity index (χ3v) is 4.57.